The first-order chi connectivity index (χ1) is 8.61. The van der Waals surface area contributed by atoms with Crippen LogP contribution < -0.4 is 5.32 Å². The molecule has 1 heterocycles. The fourth-order valence-electron chi connectivity index (χ4n) is 2.51. The highest BCUT2D eigenvalue weighted by Gasteiger charge is 2.23. The average Bonchev–Trinajstić information content (AvgIpc) is 2.97. The third kappa shape index (κ3) is 2.83. The topological polar surface area (TPSA) is 51.2 Å². The second-order valence-electron chi connectivity index (χ2n) is 4.89. The van der Waals surface area contributed by atoms with Crippen molar-refractivity contribution < 1.29 is 9.53 Å². The number of methoxy groups -OCH3 is 1. The highest BCUT2D eigenvalue weighted by Crippen LogP contribution is 2.30. The van der Waals surface area contributed by atoms with Gasteiger partial charge < -0.3 is 10.1 Å². The number of rotatable bonds is 4. The summed E-state index contributed by atoms with van der Waals surface area (Å²) in [5.41, 5.74) is 0.434. The first-order valence-corrected chi connectivity index (χ1v) is 7.25. The number of hydrogen-bond donors (Lipinski definition) is 1. The minimum absolute atomic E-state index is 0.356. The van der Waals surface area contributed by atoms with Gasteiger partial charge in [-0.3, -0.25) is 0 Å². The molecule has 2 rings (SSSR count). The van der Waals surface area contributed by atoms with Crippen molar-refractivity contribution in [2.45, 2.75) is 45.6 Å². The van der Waals surface area contributed by atoms with Gasteiger partial charge in [-0.2, -0.15) is 0 Å². The van der Waals surface area contributed by atoms with Gasteiger partial charge >= 0.3 is 5.97 Å². The van der Waals surface area contributed by atoms with Gasteiger partial charge in [0.05, 0.1) is 7.11 Å². The van der Waals surface area contributed by atoms with Gasteiger partial charge in [0.25, 0.3) is 0 Å². The molecule has 1 saturated carbocycles. The van der Waals surface area contributed by atoms with Crippen molar-refractivity contribution in [1.29, 1.82) is 0 Å². The lowest BCUT2D eigenvalue weighted by Gasteiger charge is -2.19. The average molecular weight is 268 g/mol. The molecule has 0 bridgehead atoms. The second kappa shape index (κ2) is 5.69. The van der Waals surface area contributed by atoms with E-state index in [9.17, 15) is 4.79 Å². The second-order valence-corrected chi connectivity index (χ2v) is 6.10. The van der Waals surface area contributed by atoms with Crippen LogP contribution in [-0.4, -0.2) is 24.1 Å². The smallest absolute Gasteiger partial charge is 0.357 e. The highest BCUT2D eigenvalue weighted by molar-refractivity contribution is 7.15. The number of aryl methyl sites for hydroxylation is 1. The van der Waals surface area contributed by atoms with Gasteiger partial charge in [0.1, 0.15) is 0 Å². The summed E-state index contributed by atoms with van der Waals surface area (Å²) in [6.07, 6.45) is 5.26. The normalized spacial score (nSPS) is 17.7. The summed E-state index contributed by atoms with van der Waals surface area (Å²) in [5.74, 6) is 0.376. The van der Waals surface area contributed by atoms with E-state index in [1.807, 2.05) is 6.92 Å². The molecule has 18 heavy (non-hydrogen) atoms. The molecule has 0 spiro atoms. The molecule has 1 fully saturated rings. The van der Waals surface area contributed by atoms with Crippen LogP contribution in [0.4, 0.5) is 5.13 Å². The third-order valence-electron chi connectivity index (χ3n) is 3.63. The molecule has 0 aromatic carbocycles. The van der Waals surface area contributed by atoms with Crippen molar-refractivity contribution in [1.82, 2.24) is 4.98 Å². The maximum absolute atomic E-state index is 11.5. The van der Waals surface area contributed by atoms with Crippen LogP contribution in [0, 0.1) is 12.8 Å². The molecular formula is C13H20N2O2S. The van der Waals surface area contributed by atoms with E-state index in [2.05, 4.69) is 17.2 Å². The van der Waals surface area contributed by atoms with Gasteiger partial charge in [-0.15, -0.1) is 11.3 Å². The van der Waals surface area contributed by atoms with Crippen LogP contribution in [0.2, 0.25) is 0 Å². The van der Waals surface area contributed by atoms with Crippen molar-refractivity contribution in [3.8, 4) is 0 Å². The van der Waals surface area contributed by atoms with E-state index in [4.69, 9.17) is 4.74 Å². The summed E-state index contributed by atoms with van der Waals surface area (Å²) in [7, 11) is 1.38. The zero-order valence-corrected chi connectivity index (χ0v) is 12.0. The quantitative estimate of drug-likeness (QED) is 0.852. The summed E-state index contributed by atoms with van der Waals surface area (Å²) in [4.78, 5) is 16.7. The number of thiazole rings is 1. The summed E-state index contributed by atoms with van der Waals surface area (Å²) < 4.78 is 4.71. The zero-order chi connectivity index (χ0) is 13.1. The van der Waals surface area contributed by atoms with E-state index in [0.29, 0.717) is 11.7 Å². The lowest BCUT2D eigenvalue weighted by molar-refractivity contribution is 0.0594. The molecule has 1 N–H and O–H groups in total. The largest absolute Gasteiger partial charge is 0.464 e. The molecule has 0 radical (unpaired) electrons. The number of esters is 1. The number of ether oxygens (including phenoxy) is 1. The molecule has 1 aromatic rings. The fraction of sp³-hybridized carbons (Fsp3) is 0.692. The van der Waals surface area contributed by atoms with E-state index >= 15 is 0 Å². The first-order valence-electron chi connectivity index (χ1n) is 6.44. The van der Waals surface area contributed by atoms with Crippen molar-refractivity contribution in [3.05, 3.63) is 10.6 Å². The van der Waals surface area contributed by atoms with Gasteiger partial charge in [0.15, 0.2) is 10.8 Å². The number of nitrogens with one attached hydrogen (secondary N) is 1. The van der Waals surface area contributed by atoms with E-state index in [1.54, 1.807) is 0 Å². The van der Waals surface area contributed by atoms with E-state index < -0.39 is 0 Å². The molecule has 1 aliphatic carbocycles. The minimum atomic E-state index is -0.356. The van der Waals surface area contributed by atoms with Crippen molar-refractivity contribution in [2.75, 3.05) is 12.4 Å². The van der Waals surface area contributed by atoms with Gasteiger partial charge in [-0.25, -0.2) is 9.78 Å². The van der Waals surface area contributed by atoms with Crippen LogP contribution in [-0.2, 0) is 4.74 Å². The Balaban J connectivity index is 2.03. The number of hydrogen-bond acceptors (Lipinski definition) is 5. The van der Waals surface area contributed by atoms with Crippen LogP contribution in [0.5, 0.6) is 0 Å². The standard InChI is InChI=1S/C13H20N2O2S/c1-8(10-6-4-5-7-10)14-13-15-11(9(2)18-13)12(16)17-3/h8,10H,4-7H2,1-3H3,(H,14,15). The molecule has 1 atom stereocenters. The number of carbonyl (C=O) groups is 1. The fourth-order valence-corrected chi connectivity index (χ4v) is 3.41. The highest BCUT2D eigenvalue weighted by atomic mass is 32.1. The number of aromatic nitrogens is 1. The van der Waals surface area contributed by atoms with Crippen molar-refractivity contribution in [3.63, 3.8) is 0 Å². The maximum atomic E-state index is 11.5. The molecular weight excluding hydrogens is 248 g/mol. The lowest BCUT2D eigenvalue weighted by atomic mass is 10.0. The molecule has 1 aliphatic rings. The van der Waals surface area contributed by atoms with E-state index in [0.717, 1.165) is 15.9 Å². The minimum Gasteiger partial charge on any atom is -0.464 e. The molecule has 1 aromatic heterocycles. The molecule has 100 valence electrons. The van der Waals surface area contributed by atoms with Gasteiger partial charge in [-0.05, 0) is 32.6 Å². The SMILES string of the molecule is COC(=O)c1nc(NC(C)C2CCCC2)sc1C. The number of anilines is 1. The predicted octanol–water partition coefficient (Wildman–Crippen LogP) is 3.23. The first kappa shape index (κ1) is 13.3. The summed E-state index contributed by atoms with van der Waals surface area (Å²) >= 11 is 1.52. The Hall–Kier alpha value is -1.10. The van der Waals surface area contributed by atoms with Crippen LogP contribution >= 0.6 is 11.3 Å². The monoisotopic (exact) mass is 268 g/mol. The van der Waals surface area contributed by atoms with E-state index in [1.165, 1.54) is 44.1 Å². The third-order valence-corrected chi connectivity index (χ3v) is 4.54. The molecule has 5 heteroatoms. The van der Waals surface area contributed by atoms with Crippen LogP contribution in [0.3, 0.4) is 0 Å². The summed E-state index contributed by atoms with van der Waals surface area (Å²) in [6.45, 7) is 4.10. The lowest BCUT2D eigenvalue weighted by Crippen LogP contribution is -2.23. The predicted molar refractivity (Wildman–Crippen MR) is 73.2 cm³/mol. The number of carbonyl (C=O) groups excluding carboxylic acids is 1. The van der Waals surface area contributed by atoms with Gasteiger partial charge in [0, 0.05) is 10.9 Å². The Kier molecular flexibility index (Phi) is 4.22. The molecule has 1 unspecified atom stereocenters. The Morgan fingerprint density at radius 3 is 2.78 bits per heavy atom. The van der Waals surface area contributed by atoms with Crippen LogP contribution in [0.25, 0.3) is 0 Å². The molecule has 0 amide bonds. The van der Waals surface area contributed by atoms with Gasteiger partial charge in [-0.1, -0.05) is 12.8 Å². The Labute approximate surface area is 112 Å². The van der Waals surface area contributed by atoms with Gasteiger partial charge in [0.2, 0.25) is 0 Å². The van der Waals surface area contributed by atoms with Crippen molar-refractivity contribution >= 4 is 22.4 Å². The Bertz CT molecular complexity index is 425. The summed E-state index contributed by atoms with van der Waals surface area (Å²) in [5, 5.41) is 4.25. The van der Waals surface area contributed by atoms with Crippen molar-refractivity contribution in [2.24, 2.45) is 5.92 Å². The molecule has 0 aliphatic heterocycles. The Morgan fingerprint density at radius 1 is 1.50 bits per heavy atom. The number of nitrogens with zero attached hydrogens (tertiary/aromatic N) is 1. The summed E-state index contributed by atoms with van der Waals surface area (Å²) in [6, 6.07) is 0.420. The Morgan fingerprint density at radius 2 is 2.17 bits per heavy atom. The van der Waals surface area contributed by atoms with E-state index in [-0.39, 0.29) is 5.97 Å². The van der Waals surface area contributed by atoms with Crippen LogP contribution in [0.1, 0.15) is 48.0 Å². The molecule has 4 nitrogen and oxygen atoms in total. The maximum Gasteiger partial charge on any atom is 0.357 e. The zero-order valence-electron chi connectivity index (χ0n) is 11.2. The molecule has 0 saturated heterocycles. The van der Waals surface area contributed by atoms with Crippen LogP contribution in [0.15, 0.2) is 0 Å².